The average molecular weight is 560 g/mol. The zero-order valence-corrected chi connectivity index (χ0v) is 21.3. The van der Waals surface area contributed by atoms with Gasteiger partial charge in [-0.2, -0.15) is 13.2 Å². The van der Waals surface area contributed by atoms with Gasteiger partial charge in [-0.3, -0.25) is 4.79 Å². The number of hydrogen-bond acceptors (Lipinski definition) is 5. The van der Waals surface area contributed by atoms with Gasteiger partial charge in [0.05, 0.1) is 21.0 Å². The summed E-state index contributed by atoms with van der Waals surface area (Å²) in [5, 5.41) is 7.04. The van der Waals surface area contributed by atoms with Gasteiger partial charge in [0.15, 0.2) is 9.84 Å². The molecule has 192 valence electrons. The third-order valence-electron chi connectivity index (χ3n) is 6.10. The molecule has 0 radical (unpaired) electrons. The molecule has 1 amide bonds. The number of pyridine rings is 1. The fourth-order valence-corrected chi connectivity index (χ4v) is 5.39. The summed E-state index contributed by atoms with van der Waals surface area (Å²) in [5.74, 6) is -0.416. The lowest BCUT2D eigenvalue weighted by molar-refractivity contribution is -0.140. The maximum absolute atomic E-state index is 13.4. The van der Waals surface area contributed by atoms with E-state index in [1.54, 1.807) is 6.07 Å². The lowest BCUT2D eigenvalue weighted by atomic mass is 9.90. The van der Waals surface area contributed by atoms with Crippen molar-refractivity contribution in [1.82, 2.24) is 10.3 Å². The van der Waals surface area contributed by atoms with Crippen molar-refractivity contribution in [2.45, 2.75) is 48.8 Å². The molecule has 0 aliphatic heterocycles. The maximum atomic E-state index is 13.4. The number of carbonyl (C=O) groups excluding carboxylic acids is 1. The monoisotopic (exact) mass is 559 g/mol. The van der Waals surface area contributed by atoms with Crippen LogP contribution in [0.5, 0.6) is 0 Å². The summed E-state index contributed by atoms with van der Waals surface area (Å²) in [6.45, 7) is 0. The van der Waals surface area contributed by atoms with Gasteiger partial charge in [-0.1, -0.05) is 23.2 Å². The number of anilines is 1. The van der Waals surface area contributed by atoms with Gasteiger partial charge >= 0.3 is 6.18 Å². The van der Waals surface area contributed by atoms with E-state index in [0.717, 1.165) is 12.3 Å². The van der Waals surface area contributed by atoms with E-state index < -0.39 is 27.6 Å². The van der Waals surface area contributed by atoms with E-state index in [0.29, 0.717) is 41.8 Å². The van der Waals surface area contributed by atoms with Crippen molar-refractivity contribution in [3.8, 4) is 0 Å². The van der Waals surface area contributed by atoms with E-state index in [4.69, 9.17) is 23.2 Å². The van der Waals surface area contributed by atoms with E-state index in [-0.39, 0.29) is 33.1 Å². The number of aromatic nitrogens is 1. The van der Waals surface area contributed by atoms with Crippen molar-refractivity contribution in [1.29, 1.82) is 0 Å². The van der Waals surface area contributed by atoms with Crippen LogP contribution in [-0.4, -0.2) is 37.6 Å². The predicted octanol–water partition coefficient (Wildman–Crippen LogP) is 6.12. The number of fused-ring (bicyclic) bond motifs is 1. The summed E-state index contributed by atoms with van der Waals surface area (Å²) in [6.07, 6.45) is -1.13. The van der Waals surface area contributed by atoms with Crippen molar-refractivity contribution in [3.63, 3.8) is 0 Å². The van der Waals surface area contributed by atoms with Crippen molar-refractivity contribution in [3.05, 3.63) is 63.8 Å². The number of benzene rings is 2. The summed E-state index contributed by atoms with van der Waals surface area (Å²) in [7, 11) is -3.45. The maximum Gasteiger partial charge on any atom is 0.433 e. The number of rotatable bonds is 5. The Morgan fingerprint density at radius 2 is 1.67 bits per heavy atom. The molecular weight excluding hydrogens is 538 g/mol. The van der Waals surface area contributed by atoms with Crippen molar-refractivity contribution >= 4 is 55.5 Å². The molecule has 0 unspecified atom stereocenters. The van der Waals surface area contributed by atoms with E-state index in [1.807, 2.05) is 0 Å². The van der Waals surface area contributed by atoms with Crippen molar-refractivity contribution in [2.75, 3.05) is 11.6 Å². The zero-order chi connectivity index (χ0) is 26.3. The molecule has 12 heteroatoms. The quantitative estimate of drug-likeness (QED) is 0.393. The Morgan fingerprint density at radius 3 is 2.28 bits per heavy atom. The summed E-state index contributed by atoms with van der Waals surface area (Å²) in [6, 6.07) is 9.21. The fraction of sp³-hybridized carbons (Fsp3) is 0.333. The molecular formula is C24H22Cl2F3N3O3S. The SMILES string of the molecule is CS(=O)(=O)c1ccc(C(=O)N[C@H]2CC[C@@H](Nc3cc(C(F)(F)F)nc4ccc(Cl)cc34)CC2)c(Cl)c1. The highest BCUT2D eigenvalue weighted by Gasteiger charge is 2.34. The number of sulfone groups is 1. The Labute approximate surface area is 216 Å². The number of alkyl halides is 3. The minimum atomic E-state index is -4.59. The molecule has 4 rings (SSSR count). The highest BCUT2D eigenvalue weighted by molar-refractivity contribution is 7.90. The van der Waals surface area contributed by atoms with E-state index >= 15 is 0 Å². The van der Waals surface area contributed by atoms with Crippen LogP contribution in [0.1, 0.15) is 41.7 Å². The summed E-state index contributed by atoms with van der Waals surface area (Å²) < 4.78 is 63.5. The molecule has 36 heavy (non-hydrogen) atoms. The number of nitrogens with zero attached hydrogens (tertiary/aromatic N) is 1. The molecule has 0 atom stereocenters. The third kappa shape index (κ3) is 6.04. The van der Waals surface area contributed by atoms with Crippen LogP contribution in [-0.2, 0) is 16.0 Å². The standard InChI is InChI=1S/C24H22Cl2F3N3O3S/c1-36(34,35)16-7-8-17(19(26)11-16)23(33)31-15-5-3-14(4-6-15)30-21-12-22(24(27,28)29)32-20-9-2-13(25)10-18(20)21/h2,7-12,14-15H,3-6H2,1H3,(H,30,32)(H,31,33)/t14-,15+. The molecule has 2 aromatic carbocycles. The average Bonchev–Trinajstić information content (AvgIpc) is 2.79. The Hall–Kier alpha value is -2.56. The van der Waals surface area contributed by atoms with Crippen LogP contribution in [0.4, 0.5) is 18.9 Å². The van der Waals surface area contributed by atoms with Crippen LogP contribution >= 0.6 is 23.2 Å². The summed E-state index contributed by atoms with van der Waals surface area (Å²) >= 11 is 12.2. The van der Waals surface area contributed by atoms with Gasteiger partial charge in [0, 0.05) is 34.4 Å². The Balaban J connectivity index is 1.43. The third-order valence-corrected chi connectivity index (χ3v) is 7.75. The number of amides is 1. The van der Waals surface area contributed by atoms with E-state index in [1.165, 1.54) is 30.3 Å². The lowest BCUT2D eigenvalue weighted by Gasteiger charge is -2.31. The van der Waals surface area contributed by atoms with Gasteiger partial charge < -0.3 is 10.6 Å². The first-order valence-corrected chi connectivity index (χ1v) is 13.7. The summed E-state index contributed by atoms with van der Waals surface area (Å²) in [4.78, 5) is 16.4. The predicted molar refractivity (Wildman–Crippen MR) is 133 cm³/mol. The fourth-order valence-electron chi connectivity index (χ4n) is 4.24. The molecule has 0 spiro atoms. The Bertz CT molecular complexity index is 1420. The second-order valence-corrected chi connectivity index (χ2v) is 11.7. The molecule has 1 fully saturated rings. The Kier molecular flexibility index (Phi) is 7.41. The molecule has 6 nitrogen and oxygen atoms in total. The van der Waals surface area contributed by atoms with Gasteiger partial charge in [0.25, 0.3) is 5.91 Å². The first kappa shape index (κ1) is 26.5. The van der Waals surface area contributed by atoms with Crippen LogP contribution in [0.3, 0.4) is 0 Å². The number of carbonyl (C=O) groups is 1. The van der Waals surface area contributed by atoms with Crippen LogP contribution in [0.25, 0.3) is 10.9 Å². The minimum Gasteiger partial charge on any atom is -0.382 e. The number of nitrogens with one attached hydrogen (secondary N) is 2. The first-order chi connectivity index (χ1) is 16.8. The molecule has 3 aromatic rings. The minimum absolute atomic E-state index is 0.0224. The molecule has 0 bridgehead atoms. The van der Waals surface area contributed by atoms with Gasteiger partial charge in [0.2, 0.25) is 0 Å². The van der Waals surface area contributed by atoms with Gasteiger partial charge in [-0.05, 0) is 68.1 Å². The summed E-state index contributed by atoms with van der Waals surface area (Å²) in [5.41, 5.74) is -0.319. The van der Waals surface area contributed by atoms with Crippen LogP contribution < -0.4 is 10.6 Å². The smallest absolute Gasteiger partial charge is 0.382 e. The normalized spacial score (nSPS) is 18.7. The zero-order valence-electron chi connectivity index (χ0n) is 19.0. The van der Waals surface area contributed by atoms with E-state index in [9.17, 15) is 26.4 Å². The highest BCUT2D eigenvalue weighted by Crippen LogP contribution is 2.35. The molecule has 1 aliphatic carbocycles. The topological polar surface area (TPSA) is 88.2 Å². The lowest BCUT2D eigenvalue weighted by Crippen LogP contribution is -2.40. The molecule has 2 N–H and O–H groups in total. The Morgan fingerprint density at radius 1 is 1.00 bits per heavy atom. The van der Waals surface area contributed by atoms with Gasteiger partial charge in [-0.15, -0.1) is 0 Å². The number of hydrogen-bond donors (Lipinski definition) is 2. The second-order valence-electron chi connectivity index (χ2n) is 8.79. The van der Waals surface area contributed by atoms with Gasteiger partial charge in [0.1, 0.15) is 5.69 Å². The molecule has 0 saturated heterocycles. The molecule has 1 heterocycles. The first-order valence-electron chi connectivity index (χ1n) is 11.1. The van der Waals surface area contributed by atoms with Crippen molar-refractivity contribution < 1.29 is 26.4 Å². The number of halogens is 5. The van der Waals surface area contributed by atoms with Gasteiger partial charge in [-0.25, -0.2) is 13.4 Å². The second kappa shape index (κ2) is 10.1. The molecule has 1 saturated carbocycles. The van der Waals surface area contributed by atoms with Crippen molar-refractivity contribution in [2.24, 2.45) is 0 Å². The van der Waals surface area contributed by atoms with E-state index in [2.05, 4.69) is 15.6 Å². The molecule has 1 aliphatic rings. The largest absolute Gasteiger partial charge is 0.433 e. The highest BCUT2D eigenvalue weighted by atomic mass is 35.5. The van der Waals surface area contributed by atoms with Crippen LogP contribution in [0.2, 0.25) is 10.0 Å². The van der Waals surface area contributed by atoms with Crippen LogP contribution in [0.15, 0.2) is 47.4 Å². The molecule has 1 aromatic heterocycles. The van der Waals surface area contributed by atoms with Crippen LogP contribution in [0, 0.1) is 0 Å².